The molecule has 0 atom stereocenters. The minimum absolute atomic E-state index is 0.267. The number of hydrogen-bond acceptors (Lipinski definition) is 5. The van der Waals surface area contributed by atoms with E-state index >= 15 is 0 Å². The van der Waals surface area contributed by atoms with E-state index in [1.807, 2.05) is 0 Å². The van der Waals surface area contributed by atoms with Crippen molar-refractivity contribution in [3.05, 3.63) is 60.2 Å². The van der Waals surface area contributed by atoms with Crippen LogP contribution in [0, 0.1) is 10.1 Å². The molecule has 0 bridgehead atoms. The zero-order valence-electron chi connectivity index (χ0n) is 11.0. The van der Waals surface area contributed by atoms with Gasteiger partial charge in [0.25, 0.3) is 0 Å². The van der Waals surface area contributed by atoms with Gasteiger partial charge in [0.1, 0.15) is 9.64 Å². The monoisotopic (exact) mass is 382 g/mol. The van der Waals surface area contributed by atoms with Crippen molar-refractivity contribution in [2.75, 3.05) is 13.1 Å². The molecule has 0 unspecified atom stereocenters. The highest BCUT2D eigenvalue weighted by Gasteiger charge is 2.31. The van der Waals surface area contributed by atoms with Gasteiger partial charge in [0.15, 0.2) is 10.9 Å². The molecule has 6 nitrogen and oxygen atoms in total. The van der Waals surface area contributed by atoms with Gasteiger partial charge in [-0.05, 0) is 11.6 Å². The first-order valence-electron chi connectivity index (χ1n) is 6.09. The van der Waals surface area contributed by atoms with Gasteiger partial charge in [0, 0.05) is 25.8 Å². The number of pyridine rings is 1. The molecule has 0 aromatic carbocycles. The number of nitrogens with zero attached hydrogens (tertiary/aromatic N) is 3. The van der Waals surface area contributed by atoms with Crippen LogP contribution in [-0.2, 0) is 6.54 Å². The zero-order chi connectivity index (χ0) is 16.3. The first-order chi connectivity index (χ1) is 10.4. The van der Waals surface area contributed by atoms with E-state index in [9.17, 15) is 10.1 Å². The van der Waals surface area contributed by atoms with Gasteiger partial charge in [0.05, 0.1) is 4.92 Å². The summed E-state index contributed by atoms with van der Waals surface area (Å²) in [6, 6.07) is 3.45. The summed E-state index contributed by atoms with van der Waals surface area (Å²) >= 11 is 22.8. The maximum atomic E-state index is 11.3. The molecular weight excluding hydrogens is 374 g/mol. The second-order valence-corrected chi connectivity index (χ2v) is 6.08. The van der Waals surface area contributed by atoms with Crippen molar-refractivity contribution in [3.63, 3.8) is 0 Å². The lowest BCUT2D eigenvalue weighted by Crippen LogP contribution is -2.24. The second kappa shape index (κ2) is 7.37. The predicted molar refractivity (Wildman–Crippen MR) is 86.3 cm³/mol. The Hall–Kier alpha value is -1.21. The molecule has 0 radical (unpaired) electrons. The molecule has 0 aliphatic carbocycles. The van der Waals surface area contributed by atoms with Crippen molar-refractivity contribution in [2.24, 2.45) is 0 Å². The van der Waals surface area contributed by atoms with Crippen molar-refractivity contribution >= 4 is 46.4 Å². The molecule has 0 spiro atoms. The maximum Gasteiger partial charge on any atom is 0.330 e. The Morgan fingerprint density at radius 1 is 1.41 bits per heavy atom. The third kappa shape index (κ3) is 3.95. The van der Waals surface area contributed by atoms with Gasteiger partial charge >= 0.3 is 5.70 Å². The molecule has 118 valence electrons. The summed E-state index contributed by atoms with van der Waals surface area (Å²) < 4.78 is -0.359. The Morgan fingerprint density at radius 2 is 2.14 bits per heavy atom. The standard InChI is InChI=1S/C12H10Cl4N4O2/c13-8-2-1-7(5-18-8)6-19-4-3-17-12(19)10(20(21)22)9(14)11(15)16/h1-2,5,17H,3-4,6H2. The number of rotatable bonds is 4. The summed E-state index contributed by atoms with van der Waals surface area (Å²) in [6.45, 7) is 1.52. The van der Waals surface area contributed by atoms with E-state index in [4.69, 9.17) is 46.4 Å². The lowest BCUT2D eigenvalue weighted by molar-refractivity contribution is -0.422. The van der Waals surface area contributed by atoms with Crippen LogP contribution in [0.2, 0.25) is 5.15 Å². The number of allylic oxidation sites excluding steroid dienone is 1. The fourth-order valence-corrected chi connectivity index (χ4v) is 2.45. The molecule has 10 heteroatoms. The van der Waals surface area contributed by atoms with Gasteiger partial charge in [-0.3, -0.25) is 10.1 Å². The highest BCUT2D eigenvalue weighted by Crippen LogP contribution is 2.29. The quantitative estimate of drug-likeness (QED) is 0.489. The van der Waals surface area contributed by atoms with E-state index in [1.54, 1.807) is 23.2 Å². The van der Waals surface area contributed by atoms with Gasteiger partial charge in [0.2, 0.25) is 0 Å². The van der Waals surface area contributed by atoms with E-state index in [2.05, 4.69) is 10.3 Å². The molecule has 1 aromatic heterocycles. The first kappa shape index (κ1) is 17.1. The minimum atomic E-state index is -0.617. The highest BCUT2D eigenvalue weighted by molar-refractivity contribution is 6.59. The second-order valence-electron chi connectivity index (χ2n) is 4.37. The van der Waals surface area contributed by atoms with Gasteiger partial charge in [-0.15, -0.1) is 0 Å². The fourth-order valence-electron chi connectivity index (χ4n) is 2.00. The van der Waals surface area contributed by atoms with E-state index in [1.165, 1.54) is 0 Å². The van der Waals surface area contributed by atoms with Crippen LogP contribution in [0.1, 0.15) is 5.56 Å². The van der Waals surface area contributed by atoms with Crippen LogP contribution in [0.25, 0.3) is 0 Å². The summed E-state index contributed by atoms with van der Waals surface area (Å²) in [4.78, 5) is 16.4. The number of hydrogen-bond donors (Lipinski definition) is 1. The number of aromatic nitrogens is 1. The Labute approximate surface area is 146 Å². The van der Waals surface area contributed by atoms with Crippen LogP contribution in [0.5, 0.6) is 0 Å². The van der Waals surface area contributed by atoms with Crippen molar-refractivity contribution in [1.29, 1.82) is 0 Å². The van der Waals surface area contributed by atoms with Gasteiger partial charge in [-0.1, -0.05) is 52.5 Å². The van der Waals surface area contributed by atoms with Crippen LogP contribution >= 0.6 is 46.4 Å². The van der Waals surface area contributed by atoms with Crippen LogP contribution in [0.15, 0.2) is 39.4 Å². The molecule has 1 fully saturated rings. The molecule has 0 saturated carbocycles. The summed E-state index contributed by atoms with van der Waals surface area (Å²) in [7, 11) is 0. The SMILES string of the molecule is O=[N+]([O-])C(C(Cl)=C(Cl)Cl)=C1NCCN1Cc1ccc(Cl)nc1. The third-order valence-electron chi connectivity index (χ3n) is 2.93. The summed E-state index contributed by atoms with van der Waals surface area (Å²) in [6.07, 6.45) is 1.61. The number of halogens is 4. The highest BCUT2D eigenvalue weighted by atomic mass is 35.5. The van der Waals surface area contributed by atoms with E-state index in [0.717, 1.165) is 5.56 Å². The Bertz CT molecular complexity index is 641. The predicted octanol–water partition coefficient (Wildman–Crippen LogP) is 3.47. The summed E-state index contributed by atoms with van der Waals surface area (Å²) in [5.74, 6) is 0.267. The fraction of sp³-hybridized carbons (Fsp3) is 0.250. The topological polar surface area (TPSA) is 71.3 Å². The molecule has 22 heavy (non-hydrogen) atoms. The number of nitrogens with one attached hydrogen (secondary N) is 1. The first-order valence-corrected chi connectivity index (χ1v) is 7.60. The van der Waals surface area contributed by atoms with Crippen LogP contribution < -0.4 is 5.32 Å². The van der Waals surface area contributed by atoms with Crippen LogP contribution in [-0.4, -0.2) is 27.9 Å². The largest absolute Gasteiger partial charge is 0.364 e. The average Bonchev–Trinajstić information content (AvgIpc) is 2.89. The van der Waals surface area contributed by atoms with Gasteiger partial charge < -0.3 is 10.2 Å². The number of nitro groups is 1. The third-order valence-corrected chi connectivity index (χ3v) is 4.10. The smallest absolute Gasteiger partial charge is 0.330 e. The van der Waals surface area contributed by atoms with Crippen molar-refractivity contribution in [3.8, 4) is 0 Å². The van der Waals surface area contributed by atoms with E-state index in [0.29, 0.717) is 24.8 Å². The molecule has 0 amide bonds. The minimum Gasteiger partial charge on any atom is -0.364 e. The lowest BCUT2D eigenvalue weighted by atomic mass is 10.2. The molecule has 1 saturated heterocycles. The van der Waals surface area contributed by atoms with Crippen molar-refractivity contribution < 1.29 is 4.92 Å². The lowest BCUT2D eigenvalue weighted by Gasteiger charge is -2.18. The average molecular weight is 384 g/mol. The van der Waals surface area contributed by atoms with Crippen LogP contribution in [0.4, 0.5) is 0 Å². The molecule has 1 aromatic rings. The van der Waals surface area contributed by atoms with Gasteiger partial charge in [-0.2, -0.15) is 0 Å². The Balaban J connectivity index is 2.35. The summed E-state index contributed by atoms with van der Waals surface area (Å²) in [5.41, 5.74) is 0.492. The molecule has 2 heterocycles. The van der Waals surface area contributed by atoms with E-state index in [-0.39, 0.29) is 21.0 Å². The summed E-state index contributed by atoms with van der Waals surface area (Å²) in [5, 5.41) is 14.3. The zero-order valence-corrected chi connectivity index (χ0v) is 14.0. The van der Waals surface area contributed by atoms with Crippen molar-refractivity contribution in [1.82, 2.24) is 15.2 Å². The molecule has 1 aliphatic rings. The Kier molecular flexibility index (Phi) is 5.74. The molecule has 2 rings (SSSR count). The van der Waals surface area contributed by atoms with E-state index < -0.39 is 4.92 Å². The van der Waals surface area contributed by atoms with Crippen LogP contribution in [0.3, 0.4) is 0 Å². The normalized spacial score (nSPS) is 16.3. The van der Waals surface area contributed by atoms with Crippen molar-refractivity contribution in [2.45, 2.75) is 6.54 Å². The molecule has 1 N–H and O–H groups in total. The molecular formula is C12H10Cl4N4O2. The Morgan fingerprint density at radius 3 is 2.68 bits per heavy atom. The van der Waals surface area contributed by atoms with Gasteiger partial charge in [-0.25, -0.2) is 4.98 Å². The molecule has 1 aliphatic heterocycles. The maximum absolute atomic E-state index is 11.3.